The molecule has 34 heavy (non-hydrogen) atoms. The summed E-state index contributed by atoms with van der Waals surface area (Å²) >= 11 is 0. The van der Waals surface area contributed by atoms with E-state index < -0.39 is 24.3 Å². The van der Waals surface area contributed by atoms with Crippen LogP contribution in [0, 0.1) is 0 Å². The minimum atomic E-state index is -4.51. The molecule has 1 N–H and O–H groups in total. The summed E-state index contributed by atoms with van der Waals surface area (Å²) in [7, 11) is 1.72. The predicted octanol–water partition coefficient (Wildman–Crippen LogP) is 4.75. The monoisotopic (exact) mass is 473 g/mol. The number of alkyl halides is 3. The van der Waals surface area contributed by atoms with Gasteiger partial charge in [-0.3, -0.25) is 14.3 Å². The third-order valence-corrected chi connectivity index (χ3v) is 4.52. The van der Waals surface area contributed by atoms with Crippen LogP contribution in [0.4, 0.5) is 18.9 Å². The molecule has 0 saturated carbocycles. The number of ether oxygens (including phenoxy) is 2. The first kappa shape index (κ1) is 24.6. The second kappa shape index (κ2) is 10.7. The van der Waals surface area contributed by atoms with Crippen molar-refractivity contribution in [2.75, 3.05) is 18.5 Å². The number of rotatable bonds is 9. The third kappa shape index (κ3) is 6.71. The van der Waals surface area contributed by atoms with Crippen molar-refractivity contribution in [3.05, 3.63) is 77.6 Å². The third-order valence-electron chi connectivity index (χ3n) is 4.52. The van der Waals surface area contributed by atoms with Crippen LogP contribution in [0.2, 0.25) is 0 Å². The van der Waals surface area contributed by atoms with Crippen LogP contribution in [0.15, 0.2) is 60.9 Å². The zero-order valence-electron chi connectivity index (χ0n) is 18.4. The molecular weight excluding hydrogens is 451 g/mol. The lowest BCUT2D eigenvalue weighted by molar-refractivity contribution is -0.137. The fourth-order valence-corrected chi connectivity index (χ4v) is 2.95. The number of hydrogen-bond donors (Lipinski definition) is 1. The molecule has 0 bridgehead atoms. The van der Waals surface area contributed by atoms with E-state index in [4.69, 9.17) is 9.47 Å². The quantitative estimate of drug-likeness (QED) is 0.358. The summed E-state index contributed by atoms with van der Waals surface area (Å²) in [5.74, 6) is -0.215. The second-order valence-corrected chi connectivity index (χ2v) is 7.15. The zero-order valence-corrected chi connectivity index (χ0v) is 18.4. The van der Waals surface area contributed by atoms with Crippen LogP contribution in [0.5, 0.6) is 11.5 Å². The van der Waals surface area contributed by atoms with E-state index in [1.54, 1.807) is 44.4 Å². The molecule has 0 saturated heterocycles. The lowest BCUT2D eigenvalue weighted by Crippen LogP contribution is -2.20. The Hall–Kier alpha value is -4.08. The Labute approximate surface area is 193 Å². The topological polar surface area (TPSA) is 82.4 Å². The number of anilines is 1. The highest BCUT2D eigenvalue weighted by molar-refractivity contribution is 6.06. The number of carbonyl (C=O) groups is 2. The van der Waals surface area contributed by atoms with Gasteiger partial charge in [0.1, 0.15) is 0 Å². The highest BCUT2D eigenvalue weighted by Gasteiger charge is 2.30. The maximum absolute atomic E-state index is 12.8. The van der Waals surface area contributed by atoms with Gasteiger partial charge in [0.05, 0.1) is 23.9 Å². The summed E-state index contributed by atoms with van der Waals surface area (Å²) in [5, 5.41) is 6.34. The number of nitrogens with one attached hydrogen (secondary N) is 1. The molecule has 3 rings (SSSR count). The molecule has 178 valence electrons. The molecule has 0 radical (unpaired) electrons. The van der Waals surface area contributed by atoms with Gasteiger partial charge in [0.15, 0.2) is 23.9 Å². The molecule has 7 nitrogen and oxygen atoms in total. The first-order chi connectivity index (χ1) is 16.2. The number of halogens is 3. The zero-order chi connectivity index (χ0) is 24.7. The Morgan fingerprint density at radius 1 is 1.12 bits per heavy atom. The van der Waals surface area contributed by atoms with Crippen LogP contribution in [-0.2, 0) is 18.0 Å². The smallest absolute Gasteiger partial charge is 0.416 e. The summed E-state index contributed by atoms with van der Waals surface area (Å²) in [5.41, 5.74) is 0.264. The summed E-state index contributed by atoms with van der Waals surface area (Å²) in [6.07, 6.45) is 1.59. The number of benzene rings is 2. The van der Waals surface area contributed by atoms with E-state index in [2.05, 4.69) is 10.4 Å². The van der Waals surface area contributed by atoms with Crippen LogP contribution in [0.25, 0.3) is 6.08 Å². The number of aromatic nitrogens is 2. The van der Waals surface area contributed by atoms with E-state index in [1.165, 1.54) is 29.1 Å². The van der Waals surface area contributed by atoms with Gasteiger partial charge < -0.3 is 14.8 Å². The second-order valence-electron chi connectivity index (χ2n) is 7.15. The summed E-state index contributed by atoms with van der Waals surface area (Å²) in [4.78, 5) is 24.4. The van der Waals surface area contributed by atoms with Gasteiger partial charge in [0.25, 0.3) is 5.91 Å². The molecule has 10 heteroatoms. The molecule has 0 aliphatic heterocycles. The average Bonchev–Trinajstić information content (AvgIpc) is 3.23. The number of hydrogen-bond acceptors (Lipinski definition) is 5. The average molecular weight is 473 g/mol. The number of ketones is 1. The lowest BCUT2D eigenvalue weighted by Gasteiger charge is -2.13. The van der Waals surface area contributed by atoms with Gasteiger partial charge in [-0.2, -0.15) is 18.3 Å². The maximum Gasteiger partial charge on any atom is 0.416 e. The number of nitrogens with zero attached hydrogens (tertiary/aromatic N) is 2. The molecule has 1 heterocycles. The molecule has 0 aliphatic carbocycles. The Morgan fingerprint density at radius 3 is 2.59 bits per heavy atom. The van der Waals surface area contributed by atoms with Gasteiger partial charge in [-0.1, -0.05) is 18.2 Å². The minimum Gasteiger partial charge on any atom is -0.490 e. The predicted molar refractivity (Wildman–Crippen MR) is 120 cm³/mol. The number of amides is 1. The van der Waals surface area contributed by atoms with Crippen molar-refractivity contribution in [1.29, 1.82) is 0 Å². The summed E-state index contributed by atoms with van der Waals surface area (Å²) in [6.45, 7) is 1.66. The lowest BCUT2D eigenvalue weighted by atomic mass is 10.1. The molecule has 1 aromatic heterocycles. The fourth-order valence-electron chi connectivity index (χ4n) is 2.95. The molecule has 3 aromatic rings. The Bertz CT molecular complexity index is 1200. The van der Waals surface area contributed by atoms with Crippen LogP contribution >= 0.6 is 0 Å². The number of carbonyl (C=O) groups excluding carboxylic acids is 2. The number of allylic oxidation sites excluding steroid dienone is 1. The molecule has 2 aromatic carbocycles. The van der Waals surface area contributed by atoms with Crippen molar-refractivity contribution in [2.24, 2.45) is 7.05 Å². The fraction of sp³-hybridized carbons (Fsp3) is 0.208. The summed E-state index contributed by atoms with van der Waals surface area (Å²) < 4.78 is 51.1. The molecule has 0 aliphatic rings. The Morgan fingerprint density at radius 2 is 1.91 bits per heavy atom. The molecule has 0 fully saturated rings. The molecule has 0 spiro atoms. The van der Waals surface area contributed by atoms with E-state index in [0.29, 0.717) is 23.5 Å². The van der Waals surface area contributed by atoms with Gasteiger partial charge in [-0.15, -0.1) is 0 Å². The molecular formula is C24H22F3N3O4. The molecule has 1 amide bonds. The van der Waals surface area contributed by atoms with E-state index in [0.717, 1.165) is 12.1 Å². The van der Waals surface area contributed by atoms with Crippen molar-refractivity contribution in [2.45, 2.75) is 13.1 Å². The van der Waals surface area contributed by atoms with Gasteiger partial charge in [-0.25, -0.2) is 0 Å². The highest BCUT2D eigenvalue weighted by atomic mass is 19.4. The van der Waals surface area contributed by atoms with E-state index in [9.17, 15) is 22.8 Å². The van der Waals surface area contributed by atoms with Crippen molar-refractivity contribution in [1.82, 2.24) is 9.78 Å². The Balaban J connectivity index is 1.64. The largest absolute Gasteiger partial charge is 0.490 e. The van der Waals surface area contributed by atoms with Crippen LogP contribution in [0.1, 0.15) is 28.4 Å². The van der Waals surface area contributed by atoms with Crippen LogP contribution in [-0.4, -0.2) is 34.7 Å². The van der Waals surface area contributed by atoms with Crippen molar-refractivity contribution in [3.63, 3.8) is 0 Å². The Kier molecular flexibility index (Phi) is 7.72. The van der Waals surface area contributed by atoms with Crippen molar-refractivity contribution < 1.29 is 32.2 Å². The van der Waals surface area contributed by atoms with Gasteiger partial charge in [-0.05, 0) is 48.9 Å². The highest BCUT2D eigenvalue weighted by Crippen LogP contribution is 2.31. The first-order valence-corrected chi connectivity index (χ1v) is 10.2. The number of aryl methyl sites for hydroxylation is 1. The van der Waals surface area contributed by atoms with Gasteiger partial charge in [0, 0.05) is 18.9 Å². The van der Waals surface area contributed by atoms with Crippen LogP contribution in [0.3, 0.4) is 0 Å². The molecule has 0 unspecified atom stereocenters. The van der Waals surface area contributed by atoms with Crippen molar-refractivity contribution in [3.8, 4) is 11.5 Å². The minimum absolute atomic E-state index is 0.00669. The first-order valence-electron chi connectivity index (χ1n) is 10.2. The van der Waals surface area contributed by atoms with Crippen LogP contribution < -0.4 is 14.8 Å². The molecule has 0 atom stereocenters. The standard InChI is InChI=1S/C24H22F3N3O4/c1-3-33-22-11-16(7-9-20(31)17-13-28-30(2)14-17)8-10-21(22)34-15-23(32)29-19-6-4-5-18(12-19)24(25,26)27/h4-14H,3,15H2,1-2H3,(H,29,32). The van der Waals surface area contributed by atoms with Gasteiger partial charge in [0.2, 0.25) is 0 Å². The van der Waals surface area contributed by atoms with Gasteiger partial charge >= 0.3 is 6.18 Å². The maximum atomic E-state index is 12.8. The summed E-state index contributed by atoms with van der Waals surface area (Å²) in [6, 6.07) is 9.23. The normalized spacial score (nSPS) is 11.4. The SMILES string of the molecule is CCOc1cc(C=CC(=O)c2cnn(C)c2)ccc1OCC(=O)Nc1cccc(C(F)(F)F)c1. The van der Waals surface area contributed by atoms with E-state index in [-0.39, 0.29) is 17.2 Å². The van der Waals surface area contributed by atoms with E-state index >= 15 is 0 Å². The van der Waals surface area contributed by atoms with E-state index in [1.807, 2.05) is 0 Å². The van der Waals surface area contributed by atoms with Crippen molar-refractivity contribution >= 4 is 23.5 Å².